The van der Waals surface area contributed by atoms with Crippen molar-refractivity contribution in [1.82, 2.24) is 4.98 Å². The highest BCUT2D eigenvalue weighted by Gasteiger charge is 2.07. The summed E-state index contributed by atoms with van der Waals surface area (Å²) >= 11 is 0. The van der Waals surface area contributed by atoms with Gasteiger partial charge >= 0.3 is 0 Å². The van der Waals surface area contributed by atoms with Gasteiger partial charge in [-0.2, -0.15) is 5.26 Å². The van der Waals surface area contributed by atoms with Gasteiger partial charge in [0, 0.05) is 6.20 Å². The summed E-state index contributed by atoms with van der Waals surface area (Å²) in [7, 11) is 0. The van der Waals surface area contributed by atoms with E-state index in [1.165, 1.54) is 0 Å². The van der Waals surface area contributed by atoms with Crippen LogP contribution in [0.25, 0.3) is 0 Å². The van der Waals surface area contributed by atoms with Crippen molar-refractivity contribution in [1.29, 1.82) is 5.26 Å². The Kier molecular flexibility index (Phi) is 3.93. The standard InChI is InChI=1S/C11H14N2O/c1-3-5-9(2)14-11-10(8-12)6-4-7-13-11/h4,6-7,9H,3,5H2,1-2H3. The fraction of sp³-hybridized carbons (Fsp3) is 0.455. The van der Waals surface area contributed by atoms with Crippen LogP contribution in [0.15, 0.2) is 18.3 Å². The van der Waals surface area contributed by atoms with Crippen molar-refractivity contribution in [3.63, 3.8) is 0 Å². The molecule has 0 aliphatic heterocycles. The van der Waals surface area contributed by atoms with E-state index in [-0.39, 0.29) is 6.10 Å². The first-order valence-corrected chi connectivity index (χ1v) is 4.79. The molecule has 14 heavy (non-hydrogen) atoms. The molecular formula is C11H14N2O. The summed E-state index contributed by atoms with van der Waals surface area (Å²) in [6.45, 7) is 4.09. The summed E-state index contributed by atoms with van der Waals surface area (Å²) < 4.78 is 5.54. The third-order valence-corrected chi connectivity index (χ3v) is 1.90. The minimum Gasteiger partial charge on any atom is -0.474 e. The van der Waals surface area contributed by atoms with E-state index < -0.39 is 0 Å². The molecule has 1 atom stereocenters. The molecule has 0 fully saturated rings. The van der Waals surface area contributed by atoms with Gasteiger partial charge in [0.25, 0.3) is 0 Å². The van der Waals surface area contributed by atoms with Gasteiger partial charge < -0.3 is 4.74 Å². The van der Waals surface area contributed by atoms with Crippen LogP contribution in [-0.4, -0.2) is 11.1 Å². The molecule has 0 saturated heterocycles. The Hall–Kier alpha value is -1.56. The van der Waals surface area contributed by atoms with Crippen molar-refractivity contribution in [3.05, 3.63) is 23.9 Å². The zero-order valence-electron chi connectivity index (χ0n) is 8.53. The van der Waals surface area contributed by atoms with E-state index >= 15 is 0 Å². The van der Waals surface area contributed by atoms with E-state index in [0.29, 0.717) is 11.4 Å². The third kappa shape index (κ3) is 2.74. The van der Waals surface area contributed by atoms with Crippen LogP contribution in [0.1, 0.15) is 32.3 Å². The average Bonchev–Trinajstić information content (AvgIpc) is 2.19. The van der Waals surface area contributed by atoms with E-state index in [4.69, 9.17) is 10.00 Å². The van der Waals surface area contributed by atoms with Gasteiger partial charge in [0.1, 0.15) is 11.6 Å². The van der Waals surface area contributed by atoms with Gasteiger partial charge in [-0.3, -0.25) is 0 Å². The zero-order valence-corrected chi connectivity index (χ0v) is 8.53. The van der Waals surface area contributed by atoms with E-state index in [9.17, 15) is 0 Å². The van der Waals surface area contributed by atoms with Crippen LogP contribution >= 0.6 is 0 Å². The summed E-state index contributed by atoms with van der Waals surface area (Å²) in [5, 5.41) is 8.79. The van der Waals surface area contributed by atoms with Gasteiger partial charge in [-0.15, -0.1) is 0 Å². The van der Waals surface area contributed by atoms with Crippen LogP contribution in [0.5, 0.6) is 5.88 Å². The van der Waals surface area contributed by atoms with E-state index in [1.807, 2.05) is 6.92 Å². The third-order valence-electron chi connectivity index (χ3n) is 1.90. The van der Waals surface area contributed by atoms with Crippen LogP contribution in [0.3, 0.4) is 0 Å². The maximum atomic E-state index is 8.79. The Balaban J connectivity index is 2.71. The molecule has 3 heteroatoms. The summed E-state index contributed by atoms with van der Waals surface area (Å²) in [5.41, 5.74) is 0.496. The van der Waals surface area contributed by atoms with Gasteiger partial charge in [0.2, 0.25) is 5.88 Å². The van der Waals surface area contributed by atoms with Crippen molar-refractivity contribution in [2.24, 2.45) is 0 Å². The Morgan fingerprint density at radius 3 is 3.07 bits per heavy atom. The molecule has 0 aliphatic rings. The Labute approximate surface area is 84.3 Å². The predicted octanol–water partition coefficient (Wildman–Crippen LogP) is 2.52. The largest absolute Gasteiger partial charge is 0.474 e. The predicted molar refractivity (Wildman–Crippen MR) is 54.0 cm³/mol. The summed E-state index contributed by atoms with van der Waals surface area (Å²) in [6, 6.07) is 5.50. The molecule has 0 aliphatic carbocycles. The number of hydrogen-bond donors (Lipinski definition) is 0. The molecule has 0 aromatic carbocycles. The molecule has 1 heterocycles. The first kappa shape index (κ1) is 10.5. The summed E-state index contributed by atoms with van der Waals surface area (Å²) in [5.74, 6) is 0.441. The second kappa shape index (κ2) is 5.23. The van der Waals surface area contributed by atoms with Crippen LogP contribution in [-0.2, 0) is 0 Å². The Morgan fingerprint density at radius 1 is 1.64 bits per heavy atom. The smallest absolute Gasteiger partial charge is 0.231 e. The first-order valence-electron chi connectivity index (χ1n) is 4.79. The number of nitriles is 1. The van der Waals surface area contributed by atoms with E-state index in [1.54, 1.807) is 18.3 Å². The fourth-order valence-corrected chi connectivity index (χ4v) is 1.23. The molecular weight excluding hydrogens is 176 g/mol. The number of rotatable bonds is 4. The normalized spacial score (nSPS) is 11.8. The van der Waals surface area contributed by atoms with Crippen LogP contribution in [0.4, 0.5) is 0 Å². The number of ether oxygens (including phenoxy) is 1. The second-order valence-electron chi connectivity index (χ2n) is 3.19. The minimum absolute atomic E-state index is 0.113. The molecule has 1 rings (SSSR count). The lowest BCUT2D eigenvalue weighted by Gasteiger charge is -2.13. The highest BCUT2D eigenvalue weighted by molar-refractivity contribution is 5.37. The van der Waals surface area contributed by atoms with Gasteiger partial charge in [-0.05, 0) is 25.5 Å². The monoisotopic (exact) mass is 190 g/mol. The maximum absolute atomic E-state index is 8.79. The lowest BCUT2D eigenvalue weighted by atomic mass is 10.2. The number of pyridine rings is 1. The zero-order chi connectivity index (χ0) is 10.4. The number of hydrogen-bond acceptors (Lipinski definition) is 3. The molecule has 3 nitrogen and oxygen atoms in total. The quantitative estimate of drug-likeness (QED) is 0.732. The lowest BCUT2D eigenvalue weighted by molar-refractivity contribution is 0.201. The summed E-state index contributed by atoms with van der Waals surface area (Å²) in [4.78, 5) is 4.03. The minimum atomic E-state index is 0.113. The molecule has 0 N–H and O–H groups in total. The average molecular weight is 190 g/mol. The molecule has 0 spiro atoms. The molecule has 1 aromatic rings. The molecule has 1 unspecified atom stereocenters. The van der Waals surface area contributed by atoms with E-state index in [2.05, 4.69) is 18.0 Å². The molecule has 1 aromatic heterocycles. The van der Waals surface area contributed by atoms with Crippen molar-refractivity contribution in [2.45, 2.75) is 32.8 Å². The lowest BCUT2D eigenvalue weighted by Crippen LogP contribution is -2.12. The van der Waals surface area contributed by atoms with Gasteiger partial charge in [0.05, 0.1) is 6.10 Å². The highest BCUT2D eigenvalue weighted by Crippen LogP contribution is 2.15. The maximum Gasteiger partial charge on any atom is 0.231 e. The van der Waals surface area contributed by atoms with Gasteiger partial charge in [-0.1, -0.05) is 13.3 Å². The Bertz CT molecular complexity index is 330. The molecule has 74 valence electrons. The van der Waals surface area contributed by atoms with Crippen LogP contribution in [0, 0.1) is 11.3 Å². The summed E-state index contributed by atoms with van der Waals surface area (Å²) in [6.07, 6.45) is 3.79. The molecule has 0 radical (unpaired) electrons. The Morgan fingerprint density at radius 2 is 2.43 bits per heavy atom. The number of aromatic nitrogens is 1. The topological polar surface area (TPSA) is 45.9 Å². The highest BCUT2D eigenvalue weighted by atomic mass is 16.5. The van der Waals surface area contributed by atoms with Crippen LogP contribution < -0.4 is 4.74 Å². The van der Waals surface area contributed by atoms with Crippen molar-refractivity contribution < 1.29 is 4.74 Å². The van der Waals surface area contributed by atoms with Crippen molar-refractivity contribution in [2.75, 3.05) is 0 Å². The van der Waals surface area contributed by atoms with Gasteiger partial charge in [-0.25, -0.2) is 4.98 Å². The SMILES string of the molecule is CCCC(C)Oc1ncccc1C#N. The molecule has 0 saturated carbocycles. The first-order chi connectivity index (χ1) is 6.77. The number of nitrogens with zero attached hydrogens (tertiary/aromatic N) is 2. The van der Waals surface area contributed by atoms with Crippen molar-refractivity contribution >= 4 is 0 Å². The second-order valence-corrected chi connectivity index (χ2v) is 3.19. The van der Waals surface area contributed by atoms with Crippen LogP contribution in [0.2, 0.25) is 0 Å². The van der Waals surface area contributed by atoms with Gasteiger partial charge in [0.15, 0.2) is 0 Å². The van der Waals surface area contributed by atoms with Crippen molar-refractivity contribution in [3.8, 4) is 11.9 Å². The molecule has 0 amide bonds. The molecule has 0 bridgehead atoms. The fourth-order valence-electron chi connectivity index (χ4n) is 1.23. The van der Waals surface area contributed by atoms with E-state index in [0.717, 1.165) is 12.8 Å².